The normalized spacial score (nSPS) is 15.2. The van der Waals surface area contributed by atoms with Crippen LogP contribution in [-0.2, 0) is 21.4 Å². The van der Waals surface area contributed by atoms with Gasteiger partial charge < -0.3 is 15.1 Å². The topological polar surface area (TPSA) is 52.6 Å². The summed E-state index contributed by atoms with van der Waals surface area (Å²) in [5.74, 6) is -0.193. The lowest BCUT2D eigenvalue weighted by molar-refractivity contribution is -0.136. The predicted molar refractivity (Wildman–Crippen MR) is 135 cm³/mol. The number of likely N-dealkylation sites (N-methyl/N-ethyl adjacent to an activating group) is 2. The molecule has 3 rings (SSSR count). The highest BCUT2D eigenvalue weighted by Crippen LogP contribution is 2.51. The summed E-state index contributed by atoms with van der Waals surface area (Å²) in [6, 6.07) is 14.9. The fourth-order valence-corrected chi connectivity index (χ4v) is 4.65. The molecule has 2 aromatic rings. The molecule has 1 aliphatic carbocycles. The fourth-order valence-electron chi connectivity index (χ4n) is 4.06. The molecule has 0 spiro atoms. The first-order valence-corrected chi connectivity index (χ1v) is 12.2. The van der Waals surface area contributed by atoms with Gasteiger partial charge in [-0.3, -0.25) is 9.59 Å². The monoisotopic (exact) mass is 489 g/mol. The van der Waals surface area contributed by atoms with Crippen LogP contribution in [-0.4, -0.2) is 61.9 Å². The summed E-state index contributed by atoms with van der Waals surface area (Å²) in [6.07, 6.45) is 3.66. The zero-order valence-corrected chi connectivity index (χ0v) is 21.1. The summed E-state index contributed by atoms with van der Waals surface area (Å²) >= 11 is 12.5. The highest BCUT2D eigenvalue weighted by molar-refractivity contribution is 6.35. The van der Waals surface area contributed by atoms with Gasteiger partial charge >= 0.3 is 0 Å². The molecule has 2 amide bonds. The summed E-state index contributed by atoms with van der Waals surface area (Å²) in [6.45, 7) is 1.36. The lowest BCUT2D eigenvalue weighted by atomic mass is 9.94. The van der Waals surface area contributed by atoms with Gasteiger partial charge in [0.15, 0.2) is 0 Å². The van der Waals surface area contributed by atoms with E-state index in [2.05, 4.69) is 17.4 Å². The van der Waals surface area contributed by atoms with Crippen molar-refractivity contribution in [2.24, 2.45) is 0 Å². The molecule has 0 heterocycles. The molecular formula is C26H33Cl2N3O2. The minimum Gasteiger partial charge on any atom is -0.344 e. The van der Waals surface area contributed by atoms with Gasteiger partial charge in [0.2, 0.25) is 11.8 Å². The van der Waals surface area contributed by atoms with Gasteiger partial charge in [0.25, 0.3) is 0 Å². The predicted octanol–water partition coefficient (Wildman–Crippen LogP) is 4.55. The molecule has 7 heteroatoms. The molecule has 0 saturated heterocycles. The van der Waals surface area contributed by atoms with Gasteiger partial charge in [0.05, 0.1) is 5.41 Å². The van der Waals surface area contributed by atoms with Crippen molar-refractivity contribution in [3.05, 3.63) is 69.7 Å². The van der Waals surface area contributed by atoms with Crippen LogP contribution in [0.5, 0.6) is 0 Å². The maximum Gasteiger partial charge on any atom is 0.244 e. The number of benzene rings is 2. The third-order valence-corrected chi connectivity index (χ3v) is 6.84. The highest BCUT2D eigenvalue weighted by atomic mass is 35.5. The molecule has 5 nitrogen and oxygen atoms in total. The Kier molecular flexibility index (Phi) is 8.80. The average molecular weight is 490 g/mol. The number of aryl methyl sites for hydroxylation is 1. The average Bonchev–Trinajstić information content (AvgIpc) is 3.58. The summed E-state index contributed by atoms with van der Waals surface area (Å²) in [5.41, 5.74) is 1.33. The molecule has 0 unspecified atom stereocenters. The van der Waals surface area contributed by atoms with E-state index < -0.39 is 11.5 Å². The number of carbonyl (C=O) groups excluding carboxylic acids is 2. The Labute approximate surface area is 207 Å². The molecule has 1 saturated carbocycles. The third kappa shape index (κ3) is 6.72. The highest BCUT2D eigenvalue weighted by Gasteiger charge is 2.53. The Morgan fingerprint density at radius 1 is 1.03 bits per heavy atom. The Bertz CT molecular complexity index is 961. The number of hydrogen-bond acceptors (Lipinski definition) is 3. The minimum atomic E-state index is -0.679. The van der Waals surface area contributed by atoms with Gasteiger partial charge in [0.1, 0.15) is 6.04 Å². The second-order valence-electron chi connectivity index (χ2n) is 9.17. The first kappa shape index (κ1) is 25.5. The molecule has 1 fully saturated rings. The summed E-state index contributed by atoms with van der Waals surface area (Å²) in [5, 5.41) is 4.11. The maximum absolute atomic E-state index is 13.4. The Hall–Kier alpha value is -2.08. The van der Waals surface area contributed by atoms with Crippen molar-refractivity contribution in [3.8, 4) is 0 Å². The summed E-state index contributed by atoms with van der Waals surface area (Å²) in [7, 11) is 5.75. The van der Waals surface area contributed by atoms with Gasteiger partial charge in [-0.05, 0) is 69.5 Å². The molecular weight excluding hydrogens is 457 g/mol. The smallest absolute Gasteiger partial charge is 0.244 e. The van der Waals surface area contributed by atoms with Gasteiger partial charge in [-0.25, -0.2) is 0 Å². The third-order valence-electron chi connectivity index (χ3n) is 6.29. The lowest BCUT2D eigenvalue weighted by Crippen LogP contribution is -2.51. The maximum atomic E-state index is 13.4. The molecule has 1 N–H and O–H groups in total. The largest absolute Gasteiger partial charge is 0.344 e. The number of hydrogen-bond donors (Lipinski definition) is 1. The van der Waals surface area contributed by atoms with Crippen LogP contribution in [0.3, 0.4) is 0 Å². The number of halogens is 2. The number of amides is 2. The summed E-state index contributed by atoms with van der Waals surface area (Å²) < 4.78 is 0. The first-order valence-electron chi connectivity index (χ1n) is 11.4. The van der Waals surface area contributed by atoms with Gasteiger partial charge in [-0.15, -0.1) is 0 Å². The summed E-state index contributed by atoms with van der Waals surface area (Å²) in [4.78, 5) is 30.4. The molecule has 2 aromatic carbocycles. The zero-order chi connectivity index (χ0) is 24.0. The van der Waals surface area contributed by atoms with Crippen molar-refractivity contribution >= 4 is 35.0 Å². The van der Waals surface area contributed by atoms with Crippen LogP contribution in [0.25, 0.3) is 0 Å². The van der Waals surface area contributed by atoms with Crippen LogP contribution < -0.4 is 5.32 Å². The van der Waals surface area contributed by atoms with E-state index in [4.69, 9.17) is 23.2 Å². The van der Waals surface area contributed by atoms with Crippen LogP contribution in [0.1, 0.15) is 36.8 Å². The Morgan fingerprint density at radius 2 is 1.73 bits per heavy atom. The SMILES string of the molecule is CN(C)CCN(C)C(=O)[C@H](CCCc1ccccc1)NC(=O)C1(c2ccc(Cl)cc2Cl)CC1. The van der Waals surface area contributed by atoms with E-state index in [0.29, 0.717) is 35.9 Å². The molecule has 1 atom stereocenters. The molecule has 0 aromatic heterocycles. The van der Waals surface area contributed by atoms with Crippen LogP contribution >= 0.6 is 23.2 Å². The van der Waals surface area contributed by atoms with E-state index in [9.17, 15) is 9.59 Å². The van der Waals surface area contributed by atoms with Gasteiger partial charge in [-0.1, -0.05) is 59.6 Å². The fraction of sp³-hybridized carbons (Fsp3) is 0.462. The molecule has 178 valence electrons. The van der Waals surface area contributed by atoms with Crippen LogP contribution in [0.15, 0.2) is 48.5 Å². The van der Waals surface area contributed by atoms with Gasteiger partial charge in [0, 0.05) is 30.2 Å². The van der Waals surface area contributed by atoms with Crippen molar-refractivity contribution in [3.63, 3.8) is 0 Å². The molecule has 33 heavy (non-hydrogen) atoms. The Balaban J connectivity index is 1.72. The zero-order valence-electron chi connectivity index (χ0n) is 19.6. The van der Waals surface area contributed by atoms with E-state index in [0.717, 1.165) is 24.9 Å². The second-order valence-corrected chi connectivity index (χ2v) is 10.0. The van der Waals surface area contributed by atoms with Crippen LogP contribution in [0.4, 0.5) is 0 Å². The number of nitrogens with zero attached hydrogens (tertiary/aromatic N) is 2. The molecule has 0 bridgehead atoms. The standard InChI is InChI=1S/C26H33Cl2N3O2/c1-30(2)16-17-31(3)24(32)23(11-7-10-19-8-5-4-6-9-19)29-25(33)26(14-15-26)21-13-12-20(27)18-22(21)28/h4-6,8-9,12-13,18,23H,7,10-11,14-17H2,1-3H3,(H,29,33)/t23-/m0/s1. The lowest BCUT2D eigenvalue weighted by Gasteiger charge is -2.27. The van der Waals surface area contributed by atoms with Crippen LogP contribution in [0, 0.1) is 0 Å². The van der Waals surface area contributed by atoms with E-state index in [1.54, 1.807) is 24.1 Å². The van der Waals surface area contributed by atoms with Crippen molar-refractivity contribution < 1.29 is 9.59 Å². The quantitative estimate of drug-likeness (QED) is 0.503. The van der Waals surface area contributed by atoms with Crippen LogP contribution in [0.2, 0.25) is 10.0 Å². The van der Waals surface area contributed by atoms with E-state index in [1.165, 1.54) is 5.56 Å². The van der Waals surface area contributed by atoms with E-state index >= 15 is 0 Å². The molecule has 0 aliphatic heterocycles. The molecule has 1 aliphatic rings. The van der Waals surface area contributed by atoms with Gasteiger partial charge in [-0.2, -0.15) is 0 Å². The minimum absolute atomic E-state index is 0.0590. The van der Waals surface area contributed by atoms with Crippen molar-refractivity contribution in [2.75, 3.05) is 34.2 Å². The van der Waals surface area contributed by atoms with Crippen molar-refractivity contribution in [2.45, 2.75) is 43.6 Å². The Morgan fingerprint density at radius 3 is 2.33 bits per heavy atom. The van der Waals surface area contributed by atoms with E-state index in [1.807, 2.05) is 43.3 Å². The van der Waals surface area contributed by atoms with E-state index in [-0.39, 0.29) is 11.8 Å². The number of nitrogens with one attached hydrogen (secondary N) is 1. The van der Waals surface area contributed by atoms with Crippen molar-refractivity contribution in [1.82, 2.24) is 15.1 Å². The molecule has 0 radical (unpaired) electrons. The number of rotatable bonds is 11. The first-order chi connectivity index (χ1) is 15.7. The number of carbonyl (C=O) groups is 2. The van der Waals surface area contributed by atoms with Crippen molar-refractivity contribution in [1.29, 1.82) is 0 Å². The second kappa shape index (κ2) is 11.4.